The summed E-state index contributed by atoms with van der Waals surface area (Å²) in [5.41, 5.74) is 9.22. The minimum absolute atomic E-state index is 0.0291. The Morgan fingerprint density at radius 3 is 2.73 bits per heavy atom. The molecular formula is C12H19NO2. The number of aliphatic hydroxyl groups excluding tert-OH is 1. The number of hydrogen-bond acceptors (Lipinski definition) is 3. The van der Waals surface area contributed by atoms with Crippen LogP contribution >= 0.6 is 0 Å². The van der Waals surface area contributed by atoms with E-state index in [2.05, 4.69) is 19.9 Å². The Hall–Kier alpha value is -0.900. The molecule has 3 heteroatoms. The predicted molar refractivity (Wildman–Crippen MR) is 60.7 cm³/mol. The summed E-state index contributed by atoms with van der Waals surface area (Å²) in [6.45, 7) is 4.93. The molecule has 3 nitrogen and oxygen atoms in total. The van der Waals surface area contributed by atoms with Crippen molar-refractivity contribution in [1.82, 2.24) is 0 Å². The smallest absolute Gasteiger partial charge is 0.0950 e. The van der Waals surface area contributed by atoms with Gasteiger partial charge in [-0.3, -0.25) is 0 Å². The van der Waals surface area contributed by atoms with E-state index in [9.17, 15) is 0 Å². The summed E-state index contributed by atoms with van der Waals surface area (Å²) < 4.78 is 5.49. The van der Waals surface area contributed by atoms with Crippen LogP contribution in [-0.2, 0) is 4.74 Å². The molecule has 0 saturated carbocycles. The van der Waals surface area contributed by atoms with Crippen molar-refractivity contribution in [2.45, 2.75) is 20.0 Å². The number of aliphatic hydroxyl groups is 1. The summed E-state index contributed by atoms with van der Waals surface area (Å²) in [4.78, 5) is 0. The topological polar surface area (TPSA) is 55.5 Å². The minimum atomic E-state index is -0.114. The van der Waals surface area contributed by atoms with Gasteiger partial charge in [-0.15, -0.1) is 0 Å². The van der Waals surface area contributed by atoms with Crippen LogP contribution in [0, 0.1) is 13.8 Å². The van der Waals surface area contributed by atoms with E-state index in [4.69, 9.17) is 15.6 Å². The third-order valence-electron chi connectivity index (χ3n) is 2.62. The minimum Gasteiger partial charge on any atom is -0.394 e. The fourth-order valence-corrected chi connectivity index (χ4v) is 1.60. The summed E-state index contributed by atoms with van der Waals surface area (Å²) in [7, 11) is 0. The monoisotopic (exact) mass is 209 g/mol. The van der Waals surface area contributed by atoms with Crippen molar-refractivity contribution in [3.05, 3.63) is 34.9 Å². The van der Waals surface area contributed by atoms with Crippen molar-refractivity contribution in [1.29, 1.82) is 0 Å². The standard InChI is InChI=1S/C12H19NO2/c1-9-4-3-5-11(10(9)2)12(8-13)15-7-6-14/h3-5,12,14H,6-8,13H2,1-2H3. The van der Waals surface area contributed by atoms with Gasteiger partial charge in [0.15, 0.2) is 0 Å². The van der Waals surface area contributed by atoms with Crippen molar-refractivity contribution in [2.75, 3.05) is 19.8 Å². The van der Waals surface area contributed by atoms with Gasteiger partial charge in [-0.1, -0.05) is 18.2 Å². The van der Waals surface area contributed by atoms with Crippen LogP contribution in [0.1, 0.15) is 22.8 Å². The zero-order chi connectivity index (χ0) is 11.3. The van der Waals surface area contributed by atoms with Gasteiger partial charge in [0.05, 0.1) is 19.3 Å². The molecular weight excluding hydrogens is 190 g/mol. The Balaban J connectivity index is 2.86. The zero-order valence-electron chi connectivity index (χ0n) is 9.36. The fourth-order valence-electron chi connectivity index (χ4n) is 1.60. The zero-order valence-corrected chi connectivity index (χ0v) is 9.36. The van der Waals surface area contributed by atoms with Crippen molar-refractivity contribution in [2.24, 2.45) is 5.73 Å². The Kier molecular flexibility index (Phi) is 4.75. The maximum Gasteiger partial charge on any atom is 0.0950 e. The number of ether oxygens (including phenoxy) is 1. The van der Waals surface area contributed by atoms with Gasteiger partial charge in [-0.05, 0) is 30.5 Å². The molecule has 1 atom stereocenters. The molecule has 15 heavy (non-hydrogen) atoms. The van der Waals surface area contributed by atoms with E-state index in [0.29, 0.717) is 13.2 Å². The van der Waals surface area contributed by atoms with Crippen LogP contribution in [0.3, 0.4) is 0 Å². The lowest BCUT2D eigenvalue weighted by atomic mass is 9.99. The number of aryl methyl sites for hydroxylation is 1. The third kappa shape index (κ3) is 3.02. The van der Waals surface area contributed by atoms with Crippen molar-refractivity contribution in [3.8, 4) is 0 Å². The molecule has 0 spiro atoms. The first-order chi connectivity index (χ1) is 7.20. The SMILES string of the molecule is Cc1cccc(C(CN)OCCO)c1C. The summed E-state index contributed by atoms with van der Waals surface area (Å²) in [6.07, 6.45) is -0.114. The van der Waals surface area contributed by atoms with Crippen LogP contribution in [-0.4, -0.2) is 24.9 Å². The average Bonchev–Trinajstić information content (AvgIpc) is 2.25. The van der Waals surface area contributed by atoms with Gasteiger partial charge in [-0.2, -0.15) is 0 Å². The Bertz CT molecular complexity index is 312. The van der Waals surface area contributed by atoms with E-state index in [1.54, 1.807) is 0 Å². The second kappa shape index (κ2) is 5.85. The van der Waals surface area contributed by atoms with Crippen LogP contribution in [0.25, 0.3) is 0 Å². The van der Waals surface area contributed by atoms with Crippen molar-refractivity contribution < 1.29 is 9.84 Å². The van der Waals surface area contributed by atoms with Gasteiger partial charge in [-0.25, -0.2) is 0 Å². The highest BCUT2D eigenvalue weighted by molar-refractivity contribution is 5.34. The van der Waals surface area contributed by atoms with Gasteiger partial charge in [0, 0.05) is 6.54 Å². The van der Waals surface area contributed by atoms with E-state index in [0.717, 1.165) is 5.56 Å². The average molecular weight is 209 g/mol. The first kappa shape index (κ1) is 12.2. The lowest BCUT2D eigenvalue weighted by Gasteiger charge is -2.19. The van der Waals surface area contributed by atoms with Crippen LogP contribution in [0.15, 0.2) is 18.2 Å². The molecule has 0 aromatic heterocycles. The molecule has 1 rings (SSSR count). The highest BCUT2D eigenvalue weighted by Gasteiger charge is 2.12. The largest absolute Gasteiger partial charge is 0.394 e. The molecule has 0 heterocycles. The number of rotatable bonds is 5. The molecule has 1 aromatic carbocycles. The van der Waals surface area contributed by atoms with Crippen LogP contribution in [0.2, 0.25) is 0 Å². The van der Waals surface area contributed by atoms with Gasteiger partial charge in [0.2, 0.25) is 0 Å². The summed E-state index contributed by atoms with van der Waals surface area (Å²) in [5, 5.41) is 8.72. The van der Waals surface area contributed by atoms with E-state index < -0.39 is 0 Å². The molecule has 0 amide bonds. The molecule has 1 aromatic rings. The molecule has 1 unspecified atom stereocenters. The predicted octanol–water partition coefficient (Wildman–Crippen LogP) is 1.31. The molecule has 3 N–H and O–H groups in total. The maximum atomic E-state index is 8.72. The van der Waals surface area contributed by atoms with Gasteiger partial charge in [0.25, 0.3) is 0 Å². The number of nitrogens with two attached hydrogens (primary N) is 1. The summed E-state index contributed by atoms with van der Waals surface area (Å²) >= 11 is 0. The Morgan fingerprint density at radius 1 is 1.40 bits per heavy atom. The van der Waals surface area contributed by atoms with Crippen molar-refractivity contribution >= 4 is 0 Å². The van der Waals surface area contributed by atoms with E-state index in [1.807, 2.05) is 12.1 Å². The first-order valence-corrected chi connectivity index (χ1v) is 5.19. The van der Waals surface area contributed by atoms with Crippen LogP contribution < -0.4 is 5.73 Å². The fraction of sp³-hybridized carbons (Fsp3) is 0.500. The van der Waals surface area contributed by atoms with Crippen LogP contribution in [0.5, 0.6) is 0 Å². The molecule has 0 bridgehead atoms. The van der Waals surface area contributed by atoms with Gasteiger partial charge < -0.3 is 15.6 Å². The normalized spacial score (nSPS) is 12.8. The van der Waals surface area contributed by atoms with E-state index in [1.165, 1.54) is 11.1 Å². The summed E-state index contributed by atoms with van der Waals surface area (Å²) in [6, 6.07) is 6.10. The molecule has 0 aliphatic carbocycles. The number of benzene rings is 1. The first-order valence-electron chi connectivity index (χ1n) is 5.19. The molecule has 84 valence electrons. The third-order valence-corrected chi connectivity index (χ3v) is 2.62. The highest BCUT2D eigenvalue weighted by Crippen LogP contribution is 2.22. The maximum absolute atomic E-state index is 8.72. The van der Waals surface area contributed by atoms with Gasteiger partial charge in [0.1, 0.15) is 0 Å². The number of hydrogen-bond donors (Lipinski definition) is 2. The molecule has 0 aliphatic heterocycles. The second-order valence-corrected chi connectivity index (χ2v) is 3.61. The molecule has 0 saturated heterocycles. The van der Waals surface area contributed by atoms with Crippen molar-refractivity contribution in [3.63, 3.8) is 0 Å². The Labute approximate surface area is 90.9 Å². The molecule has 0 radical (unpaired) electrons. The van der Waals surface area contributed by atoms with E-state index in [-0.39, 0.29) is 12.7 Å². The quantitative estimate of drug-likeness (QED) is 0.768. The lowest BCUT2D eigenvalue weighted by molar-refractivity contribution is 0.0325. The van der Waals surface area contributed by atoms with Crippen LogP contribution in [0.4, 0.5) is 0 Å². The Morgan fingerprint density at radius 2 is 2.13 bits per heavy atom. The molecule has 0 aliphatic rings. The van der Waals surface area contributed by atoms with Gasteiger partial charge >= 0.3 is 0 Å². The van der Waals surface area contributed by atoms with E-state index >= 15 is 0 Å². The highest BCUT2D eigenvalue weighted by atomic mass is 16.5. The second-order valence-electron chi connectivity index (χ2n) is 3.61. The summed E-state index contributed by atoms with van der Waals surface area (Å²) in [5.74, 6) is 0. The lowest BCUT2D eigenvalue weighted by Crippen LogP contribution is -2.18. The molecule has 0 fully saturated rings.